The molecule has 0 fully saturated rings. The van der Waals surface area contributed by atoms with E-state index in [9.17, 15) is 0 Å². The maximum Gasteiger partial charge on any atom is 0.161 e. The Bertz CT molecular complexity index is 614. The zero-order valence-corrected chi connectivity index (χ0v) is 15.0. The molecule has 0 spiro atoms. The number of alkyl halides is 1. The molecule has 21 heavy (non-hydrogen) atoms. The summed E-state index contributed by atoms with van der Waals surface area (Å²) >= 11 is 6.95. The smallest absolute Gasteiger partial charge is 0.161 e. The molecule has 2 aromatic rings. The van der Waals surface area contributed by atoms with Crippen LogP contribution in [0.5, 0.6) is 17.2 Å². The molecule has 0 radical (unpaired) electrons. The van der Waals surface area contributed by atoms with Crippen molar-refractivity contribution in [1.29, 1.82) is 0 Å². The lowest BCUT2D eigenvalue weighted by Gasteiger charge is -2.13. The van der Waals surface area contributed by atoms with Crippen molar-refractivity contribution < 1.29 is 14.2 Å². The van der Waals surface area contributed by atoms with Gasteiger partial charge in [-0.15, -0.1) is 0 Å². The molecule has 0 aliphatic rings. The first-order valence-corrected chi connectivity index (χ1v) is 8.27. The first kappa shape index (κ1) is 16.2. The van der Waals surface area contributed by atoms with Crippen molar-refractivity contribution in [2.24, 2.45) is 0 Å². The Kier molecular flexibility index (Phi) is 5.94. The van der Waals surface area contributed by atoms with Crippen LogP contribution < -0.4 is 14.2 Å². The van der Waals surface area contributed by atoms with Gasteiger partial charge in [-0.3, -0.25) is 0 Å². The molecule has 0 saturated carbocycles. The number of ether oxygens (including phenoxy) is 3. The monoisotopic (exact) mass is 414 g/mol. The van der Waals surface area contributed by atoms with Crippen LogP contribution in [-0.2, 0) is 11.9 Å². The molecule has 0 atom stereocenters. The van der Waals surface area contributed by atoms with Crippen molar-refractivity contribution in [2.45, 2.75) is 11.9 Å². The van der Waals surface area contributed by atoms with Gasteiger partial charge in [0.1, 0.15) is 12.4 Å². The Morgan fingerprint density at radius 3 is 2.43 bits per heavy atom. The fraction of sp³-hybridized carbons (Fsp3) is 0.250. The van der Waals surface area contributed by atoms with Gasteiger partial charge >= 0.3 is 0 Å². The third-order valence-corrected chi connectivity index (χ3v) is 4.44. The SMILES string of the molecule is COc1ccc(Br)c(COc2ccc(CBr)cc2OC)c1. The zero-order valence-electron chi connectivity index (χ0n) is 11.9. The molecule has 5 heteroatoms. The molecule has 0 aliphatic carbocycles. The van der Waals surface area contributed by atoms with Gasteiger partial charge in [-0.1, -0.05) is 37.9 Å². The van der Waals surface area contributed by atoms with Gasteiger partial charge in [-0.05, 0) is 35.9 Å². The van der Waals surface area contributed by atoms with Crippen LogP contribution in [0, 0.1) is 0 Å². The second-order valence-corrected chi connectivity index (χ2v) is 5.78. The van der Waals surface area contributed by atoms with Gasteiger partial charge in [-0.2, -0.15) is 0 Å². The van der Waals surface area contributed by atoms with Crippen LogP contribution >= 0.6 is 31.9 Å². The number of benzene rings is 2. The highest BCUT2D eigenvalue weighted by molar-refractivity contribution is 9.10. The van der Waals surface area contributed by atoms with Crippen LogP contribution in [0.4, 0.5) is 0 Å². The van der Waals surface area contributed by atoms with E-state index in [0.717, 1.165) is 38.2 Å². The largest absolute Gasteiger partial charge is 0.497 e. The maximum atomic E-state index is 5.87. The minimum Gasteiger partial charge on any atom is -0.497 e. The topological polar surface area (TPSA) is 27.7 Å². The Morgan fingerprint density at radius 1 is 0.952 bits per heavy atom. The van der Waals surface area contributed by atoms with Gasteiger partial charge in [0, 0.05) is 15.4 Å². The molecule has 0 unspecified atom stereocenters. The van der Waals surface area contributed by atoms with Gasteiger partial charge in [0.25, 0.3) is 0 Å². The second-order valence-electron chi connectivity index (χ2n) is 4.36. The third kappa shape index (κ3) is 4.14. The van der Waals surface area contributed by atoms with Gasteiger partial charge in [0.2, 0.25) is 0 Å². The van der Waals surface area contributed by atoms with E-state index < -0.39 is 0 Å². The molecule has 0 N–H and O–H groups in total. The average Bonchev–Trinajstić information content (AvgIpc) is 2.54. The minimum absolute atomic E-state index is 0.432. The summed E-state index contributed by atoms with van der Waals surface area (Å²) in [6, 6.07) is 11.7. The summed E-state index contributed by atoms with van der Waals surface area (Å²) in [4.78, 5) is 0. The number of halogens is 2. The van der Waals surface area contributed by atoms with Crippen molar-refractivity contribution in [3.05, 3.63) is 52.0 Å². The molecule has 0 aliphatic heterocycles. The van der Waals surface area contributed by atoms with E-state index in [1.165, 1.54) is 0 Å². The summed E-state index contributed by atoms with van der Waals surface area (Å²) in [5.74, 6) is 2.25. The standard InChI is InChI=1S/C16H16Br2O3/c1-19-13-4-5-14(18)12(8-13)10-21-15-6-3-11(9-17)7-16(15)20-2/h3-8H,9-10H2,1-2H3. The summed E-state index contributed by atoms with van der Waals surface area (Å²) in [6.07, 6.45) is 0. The van der Waals surface area contributed by atoms with Crippen molar-refractivity contribution in [3.8, 4) is 17.2 Å². The summed E-state index contributed by atoms with van der Waals surface area (Å²) < 4.78 is 17.5. The lowest BCUT2D eigenvalue weighted by molar-refractivity contribution is 0.283. The summed E-state index contributed by atoms with van der Waals surface area (Å²) in [6.45, 7) is 0.432. The van der Waals surface area contributed by atoms with Gasteiger partial charge in [0.05, 0.1) is 14.2 Å². The van der Waals surface area contributed by atoms with E-state index >= 15 is 0 Å². The predicted octanol–water partition coefficient (Wildman–Crippen LogP) is 4.94. The van der Waals surface area contributed by atoms with Gasteiger partial charge in [-0.25, -0.2) is 0 Å². The van der Waals surface area contributed by atoms with Crippen molar-refractivity contribution in [3.63, 3.8) is 0 Å². The molecule has 2 rings (SSSR count). The quantitative estimate of drug-likeness (QED) is 0.625. The average molecular weight is 416 g/mol. The molecule has 0 saturated heterocycles. The van der Waals surface area contributed by atoms with Gasteiger partial charge < -0.3 is 14.2 Å². The number of methoxy groups -OCH3 is 2. The normalized spacial score (nSPS) is 10.3. The molecule has 112 valence electrons. The highest BCUT2D eigenvalue weighted by Crippen LogP contribution is 2.31. The molecule has 0 aromatic heterocycles. The van der Waals surface area contributed by atoms with Crippen LogP contribution in [0.2, 0.25) is 0 Å². The lowest BCUT2D eigenvalue weighted by Crippen LogP contribution is -1.99. The van der Waals surface area contributed by atoms with E-state index in [2.05, 4.69) is 31.9 Å². The van der Waals surface area contributed by atoms with Crippen molar-refractivity contribution in [1.82, 2.24) is 0 Å². The lowest BCUT2D eigenvalue weighted by atomic mass is 10.2. The van der Waals surface area contributed by atoms with E-state index in [1.807, 2.05) is 36.4 Å². The molecule has 0 bridgehead atoms. The second kappa shape index (κ2) is 7.71. The number of hydrogen-bond acceptors (Lipinski definition) is 3. The maximum absolute atomic E-state index is 5.87. The first-order chi connectivity index (χ1) is 10.2. The van der Waals surface area contributed by atoms with Crippen LogP contribution in [0.1, 0.15) is 11.1 Å². The van der Waals surface area contributed by atoms with E-state index in [0.29, 0.717) is 6.61 Å². The Balaban J connectivity index is 2.16. The summed E-state index contributed by atoms with van der Waals surface area (Å²) in [5.41, 5.74) is 2.16. The highest BCUT2D eigenvalue weighted by atomic mass is 79.9. The zero-order chi connectivity index (χ0) is 15.2. The van der Waals surface area contributed by atoms with Crippen LogP contribution in [0.15, 0.2) is 40.9 Å². The van der Waals surface area contributed by atoms with Crippen LogP contribution in [-0.4, -0.2) is 14.2 Å². The van der Waals surface area contributed by atoms with Crippen molar-refractivity contribution in [2.75, 3.05) is 14.2 Å². The molecule has 3 nitrogen and oxygen atoms in total. The fourth-order valence-electron chi connectivity index (χ4n) is 1.86. The minimum atomic E-state index is 0.432. The Morgan fingerprint density at radius 2 is 1.76 bits per heavy atom. The van der Waals surface area contributed by atoms with E-state index in [4.69, 9.17) is 14.2 Å². The van der Waals surface area contributed by atoms with Gasteiger partial charge in [0.15, 0.2) is 11.5 Å². The summed E-state index contributed by atoms with van der Waals surface area (Å²) in [5, 5.41) is 0.783. The first-order valence-electron chi connectivity index (χ1n) is 6.36. The number of rotatable bonds is 6. The fourth-order valence-corrected chi connectivity index (χ4v) is 2.57. The van der Waals surface area contributed by atoms with Crippen molar-refractivity contribution >= 4 is 31.9 Å². The molecule has 0 amide bonds. The van der Waals surface area contributed by atoms with Crippen LogP contribution in [0.25, 0.3) is 0 Å². The Labute approximate surface area is 141 Å². The van der Waals surface area contributed by atoms with E-state index in [1.54, 1.807) is 14.2 Å². The Hall–Kier alpha value is -1.20. The predicted molar refractivity (Wildman–Crippen MR) is 90.7 cm³/mol. The summed E-state index contributed by atoms with van der Waals surface area (Å²) in [7, 11) is 3.29. The number of hydrogen-bond donors (Lipinski definition) is 0. The molecule has 0 heterocycles. The highest BCUT2D eigenvalue weighted by Gasteiger charge is 2.08. The molecular formula is C16H16Br2O3. The molecular weight excluding hydrogens is 400 g/mol. The van der Waals surface area contributed by atoms with Crippen LogP contribution in [0.3, 0.4) is 0 Å². The van der Waals surface area contributed by atoms with E-state index in [-0.39, 0.29) is 0 Å². The molecule has 2 aromatic carbocycles. The third-order valence-electron chi connectivity index (χ3n) is 3.02.